The summed E-state index contributed by atoms with van der Waals surface area (Å²) in [7, 11) is 0. The highest BCUT2D eigenvalue weighted by Crippen LogP contribution is 2.29. The van der Waals surface area contributed by atoms with E-state index >= 15 is 0 Å². The number of ether oxygens (including phenoxy) is 2. The summed E-state index contributed by atoms with van der Waals surface area (Å²) in [6.45, 7) is 12.9. The molecule has 1 unspecified atom stereocenters. The number of rotatable bonds is 9. The van der Waals surface area contributed by atoms with Gasteiger partial charge in [0.2, 0.25) is 0 Å². The fourth-order valence-corrected chi connectivity index (χ4v) is 2.41. The second-order valence-electron chi connectivity index (χ2n) is 7.52. The minimum Gasteiger partial charge on any atom is -0.460 e. The monoisotopic (exact) mass is 330 g/mol. The van der Waals surface area contributed by atoms with Crippen molar-refractivity contribution in [3.63, 3.8) is 0 Å². The highest BCUT2D eigenvalue weighted by molar-refractivity contribution is 5.93. The van der Waals surface area contributed by atoms with E-state index in [0.29, 0.717) is 6.42 Å². The van der Waals surface area contributed by atoms with E-state index in [9.17, 15) is 14.7 Å². The molecule has 2 N–H and O–H groups in total. The van der Waals surface area contributed by atoms with Gasteiger partial charge in [0.05, 0.1) is 12.5 Å². The number of hydrogen-bond donors (Lipinski definition) is 2. The molecular formula is C17H30O6. The molecule has 0 rings (SSSR count). The number of carbonyl (C=O) groups excluding carboxylic acids is 2. The van der Waals surface area contributed by atoms with E-state index in [1.165, 1.54) is 0 Å². The Morgan fingerprint density at radius 3 is 2.22 bits per heavy atom. The molecule has 0 aromatic carbocycles. The quantitative estimate of drug-likeness (QED) is 0.496. The van der Waals surface area contributed by atoms with Crippen LogP contribution in [0.5, 0.6) is 0 Å². The lowest BCUT2D eigenvalue weighted by Gasteiger charge is -2.32. The SMILES string of the molecule is C=C(CC(=O)OC(C)(C)CC(C)(C)C)C(=O)OCC(O)CCO. The molecule has 0 spiro atoms. The molecule has 23 heavy (non-hydrogen) atoms. The Morgan fingerprint density at radius 2 is 1.74 bits per heavy atom. The first-order valence-corrected chi connectivity index (χ1v) is 7.72. The summed E-state index contributed by atoms with van der Waals surface area (Å²) in [5.41, 5.74) is -0.669. The topological polar surface area (TPSA) is 93.1 Å². The van der Waals surface area contributed by atoms with E-state index < -0.39 is 23.6 Å². The van der Waals surface area contributed by atoms with Crippen LogP contribution in [0.3, 0.4) is 0 Å². The third-order valence-electron chi connectivity index (χ3n) is 2.86. The summed E-state index contributed by atoms with van der Waals surface area (Å²) >= 11 is 0. The van der Waals surface area contributed by atoms with Gasteiger partial charge in [-0.2, -0.15) is 0 Å². The average molecular weight is 330 g/mol. The van der Waals surface area contributed by atoms with Crippen molar-refractivity contribution in [1.82, 2.24) is 0 Å². The molecule has 134 valence electrons. The standard InChI is InChI=1S/C17H30O6/c1-12(15(21)22-10-13(19)7-8-18)9-14(20)23-17(5,6)11-16(2,3)4/h13,18-19H,1,7-11H2,2-6H3. The highest BCUT2D eigenvalue weighted by Gasteiger charge is 2.29. The van der Waals surface area contributed by atoms with Gasteiger partial charge in [-0.15, -0.1) is 0 Å². The van der Waals surface area contributed by atoms with Crippen molar-refractivity contribution in [2.45, 2.75) is 65.6 Å². The molecule has 0 radical (unpaired) electrons. The van der Waals surface area contributed by atoms with Crippen LogP contribution < -0.4 is 0 Å². The molecule has 0 fully saturated rings. The van der Waals surface area contributed by atoms with Gasteiger partial charge in [0.25, 0.3) is 0 Å². The maximum Gasteiger partial charge on any atom is 0.334 e. The molecule has 0 aromatic heterocycles. The van der Waals surface area contributed by atoms with Gasteiger partial charge < -0.3 is 19.7 Å². The average Bonchev–Trinajstić information content (AvgIpc) is 2.31. The van der Waals surface area contributed by atoms with Crippen LogP contribution in [0.15, 0.2) is 12.2 Å². The third-order valence-corrected chi connectivity index (χ3v) is 2.86. The highest BCUT2D eigenvalue weighted by atomic mass is 16.6. The van der Waals surface area contributed by atoms with Gasteiger partial charge in [0, 0.05) is 12.2 Å². The fraction of sp³-hybridized carbons (Fsp3) is 0.765. The minimum atomic E-state index is -0.936. The first-order chi connectivity index (χ1) is 10.4. The Bertz CT molecular complexity index is 419. The second kappa shape index (κ2) is 9.03. The summed E-state index contributed by atoms with van der Waals surface area (Å²) in [6.07, 6.45) is -0.407. The van der Waals surface area contributed by atoms with E-state index in [-0.39, 0.29) is 37.0 Å². The van der Waals surface area contributed by atoms with E-state index in [2.05, 4.69) is 27.4 Å². The Labute approximate surface area is 138 Å². The van der Waals surface area contributed by atoms with Gasteiger partial charge in [0.1, 0.15) is 12.2 Å². The van der Waals surface area contributed by atoms with Crippen molar-refractivity contribution in [2.24, 2.45) is 5.41 Å². The molecule has 6 nitrogen and oxygen atoms in total. The Balaban J connectivity index is 4.33. The zero-order valence-electron chi connectivity index (χ0n) is 14.8. The largest absolute Gasteiger partial charge is 0.460 e. The maximum atomic E-state index is 11.9. The van der Waals surface area contributed by atoms with Crippen molar-refractivity contribution < 1.29 is 29.3 Å². The lowest BCUT2D eigenvalue weighted by Crippen LogP contribution is -2.33. The second-order valence-corrected chi connectivity index (χ2v) is 7.52. The van der Waals surface area contributed by atoms with Crippen LogP contribution in [-0.2, 0) is 19.1 Å². The zero-order chi connectivity index (χ0) is 18.3. The maximum absolute atomic E-state index is 11.9. The van der Waals surface area contributed by atoms with E-state index in [1.807, 2.05) is 13.8 Å². The molecule has 0 aliphatic rings. The number of esters is 2. The van der Waals surface area contributed by atoms with Crippen molar-refractivity contribution in [1.29, 1.82) is 0 Å². The molecule has 0 aliphatic carbocycles. The van der Waals surface area contributed by atoms with Crippen molar-refractivity contribution in [3.8, 4) is 0 Å². The fourth-order valence-electron chi connectivity index (χ4n) is 2.41. The number of aliphatic hydroxyl groups is 2. The van der Waals surface area contributed by atoms with Crippen LogP contribution in [-0.4, -0.2) is 47.1 Å². The molecule has 6 heteroatoms. The minimum absolute atomic E-state index is 0.00254. The summed E-state index contributed by atoms with van der Waals surface area (Å²) < 4.78 is 10.2. The van der Waals surface area contributed by atoms with Crippen LogP contribution >= 0.6 is 0 Å². The summed E-state index contributed by atoms with van der Waals surface area (Å²) in [5, 5.41) is 18.0. The Hall–Kier alpha value is -1.40. The smallest absolute Gasteiger partial charge is 0.334 e. The summed E-state index contributed by atoms with van der Waals surface area (Å²) in [4.78, 5) is 23.6. The van der Waals surface area contributed by atoms with Crippen LogP contribution in [0.4, 0.5) is 0 Å². The lowest BCUT2D eigenvalue weighted by molar-refractivity contribution is -0.159. The van der Waals surface area contributed by atoms with E-state index in [1.54, 1.807) is 0 Å². The summed E-state index contributed by atoms with van der Waals surface area (Å²) in [5.74, 6) is -1.30. The Kier molecular flexibility index (Phi) is 8.48. The molecule has 0 heterocycles. The van der Waals surface area contributed by atoms with Gasteiger partial charge in [-0.05, 0) is 32.1 Å². The third kappa shape index (κ3) is 10.9. The van der Waals surface area contributed by atoms with Crippen molar-refractivity contribution in [2.75, 3.05) is 13.2 Å². The van der Waals surface area contributed by atoms with Crippen LogP contribution in [0, 0.1) is 5.41 Å². The number of aliphatic hydroxyl groups excluding tert-OH is 2. The predicted octanol–water partition coefficient (Wildman–Crippen LogP) is 1.98. The Morgan fingerprint density at radius 1 is 1.17 bits per heavy atom. The molecule has 0 saturated heterocycles. The van der Waals surface area contributed by atoms with Crippen LogP contribution in [0.2, 0.25) is 0 Å². The molecule has 0 aliphatic heterocycles. The molecule has 0 amide bonds. The van der Waals surface area contributed by atoms with E-state index in [0.717, 1.165) is 0 Å². The van der Waals surface area contributed by atoms with E-state index in [4.69, 9.17) is 14.6 Å². The molecule has 0 aromatic rings. The first kappa shape index (κ1) is 21.6. The normalized spacial score (nSPS) is 13.3. The van der Waals surface area contributed by atoms with Gasteiger partial charge in [0.15, 0.2) is 0 Å². The predicted molar refractivity (Wildman–Crippen MR) is 86.7 cm³/mol. The molecular weight excluding hydrogens is 300 g/mol. The van der Waals surface area contributed by atoms with Gasteiger partial charge >= 0.3 is 11.9 Å². The molecule has 1 atom stereocenters. The van der Waals surface area contributed by atoms with Crippen LogP contribution in [0.1, 0.15) is 53.9 Å². The first-order valence-electron chi connectivity index (χ1n) is 7.72. The van der Waals surface area contributed by atoms with Crippen LogP contribution in [0.25, 0.3) is 0 Å². The van der Waals surface area contributed by atoms with Crippen molar-refractivity contribution in [3.05, 3.63) is 12.2 Å². The summed E-state index contributed by atoms with van der Waals surface area (Å²) in [6, 6.07) is 0. The van der Waals surface area contributed by atoms with Gasteiger partial charge in [-0.1, -0.05) is 27.4 Å². The zero-order valence-corrected chi connectivity index (χ0v) is 14.8. The number of carbonyl (C=O) groups is 2. The van der Waals surface area contributed by atoms with Gasteiger partial charge in [-0.3, -0.25) is 4.79 Å². The molecule has 0 bridgehead atoms. The number of hydrogen-bond acceptors (Lipinski definition) is 6. The lowest BCUT2D eigenvalue weighted by atomic mass is 9.83. The van der Waals surface area contributed by atoms with Gasteiger partial charge in [-0.25, -0.2) is 4.79 Å². The molecule has 0 saturated carbocycles. The van der Waals surface area contributed by atoms with Crippen molar-refractivity contribution >= 4 is 11.9 Å².